The summed E-state index contributed by atoms with van der Waals surface area (Å²) in [4.78, 5) is 25.5. The summed E-state index contributed by atoms with van der Waals surface area (Å²) in [5, 5.41) is 6.32. The van der Waals surface area contributed by atoms with Crippen molar-refractivity contribution < 1.29 is 19.1 Å². The van der Waals surface area contributed by atoms with Crippen molar-refractivity contribution in [2.45, 2.75) is 26.0 Å². The van der Waals surface area contributed by atoms with Crippen LogP contribution in [-0.2, 0) is 4.74 Å². The maximum atomic E-state index is 12.9. The molecule has 4 rings (SSSR count). The number of rotatable bonds is 9. The lowest BCUT2D eigenvalue weighted by molar-refractivity contribution is 0.0262. The molecule has 6 nitrogen and oxygen atoms in total. The van der Waals surface area contributed by atoms with E-state index >= 15 is 0 Å². The smallest absolute Gasteiger partial charge is 0.338 e. The van der Waals surface area contributed by atoms with E-state index in [2.05, 4.69) is 10.6 Å². The van der Waals surface area contributed by atoms with Gasteiger partial charge in [0, 0.05) is 17.3 Å². The molecule has 0 aliphatic carbocycles. The van der Waals surface area contributed by atoms with Crippen LogP contribution in [0, 0.1) is 6.92 Å². The van der Waals surface area contributed by atoms with Crippen LogP contribution in [0.2, 0.25) is 0 Å². The Labute approximate surface area is 217 Å². The van der Waals surface area contributed by atoms with E-state index in [0.717, 1.165) is 11.1 Å². The highest BCUT2D eigenvalue weighted by Gasteiger charge is 2.25. The summed E-state index contributed by atoms with van der Waals surface area (Å²) in [5.74, 6) is -0.0514. The van der Waals surface area contributed by atoms with Gasteiger partial charge in [-0.2, -0.15) is 0 Å². The summed E-state index contributed by atoms with van der Waals surface area (Å²) in [7, 11) is 1.57. The molecule has 0 aromatic heterocycles. The largest absolute Gasteiger partial charge is 0.495 e. The van der Waals surface area contributed by atoms with Crippen molar-refractivity contribution in [3.63, 3.8) is 0 Å². The highest BCUT2D eigenvalue weighted by atomic mass is 16.5. The molecule has 0 radical (unpaired) electrons. The minimum Gasteiger partial charge on any atom is -0.495 e. The Morgan fingerprint density at radius 1 is 0.784 bits per heavy atom. The number of anilines is 2. The third-order valence-electron chi connectivity index (χ3n) is 5.98. The number of carbonyl (C=O) groups is 2. The Hall–Kier alpha value is -4.58. The van der Waals surface area contributed by atoms with Crippen LogP contribution in [0.25, 0.3) is 0 Å². The third kappa shape index (κ3) is 6.55. The second-order valence-corrected chi connectivity index (χ2v) is 8.77. The van der Waals surface area contributed by atoms with Gasteiger partial charge >= 0.3 is 5.97 Å². The number of methoxy groups -OCH3 is 1. The standard InChI is InChI=1S/C31H30N2O4/c1-21-14-16-23(17-15-21)29(37-31(35)25-12-8-5-9-13-25)22(2)32-27-19-18-26(20-28(27)36-3)33-30(34)24-10-6-4-7-11-24/h4-20,22,29,32H,1-3H3,(H,33,34)/t22-,29+/m1/s1. The van der Waals surface area contributed by atoms with Crippen LogP contribution in [-0.4, -0.2) is 25.0 Å². The number of carbonyl (C=O) groups excluding carboxylic acids is 2. The minimum absolute atomic E-state index is 0.205. The van der Waals surface area contributed by atoms with Crippen LogP contribution in [0.1, 0.15) is 44.9 Å². The van der Waals surface area contributed by atoms with Gasteiger partial charge < -0.3 is 20.1 Å². The lowest BCUT2D eigenvalue weighted by Gasteiger charge is -2.27. The van der Waals surface area contributed by atoms with Crippen LogP contribution >= 0.6 is 0 Å². The first-order chi connectivity index (χ1) is 17.9. The fourth-order valence-corrected chi connectivity index (χ4v) is 3.97. The second kappa shape index (κ2) is 11.9. The first-order valence-corrected chi connectivity index (χ1v) is 12.1. The van der Waals surface area contributed by atoms with Crippen molar-refractivity contribution >= 4 is 23.3 Å². The number of nitrogens with one attached hydrogen (secondary N) is 2. The fraction of sp³-hybridized carbons (Fsp3) is 0.161. The fourth-order valence-electron chi connectivity index (χ4n) is 3.97. The van der Waals surface area contributed by atoms with Gasteiger partial charge in [-0.15, -0.1) is 0 Å². The SMILES string of the molecule is COc1cc(NC(=O)c2ccccc2)ccc1N[C@H](C)[C@H](OC(=O)c1ccccc1)c1ccc(C)cc1. The first kappa shape index (κ1) is 25.5. The van der Waals surface area contributed by atoms with Gasteiger partial charge in [0.1, 0.15) is 11.9 Å². The Balaban J connectivity index is 1.54. The Kier molecular flexibility index (Phi) is 8.21. The normalized spacial score (nSPS) is 12.2. The monoisotopic (exact) mass is 494 g/mol. The van der Waals surface area contributed by atoms with Crippen LogP contribution in [0.4, 0.5) is 11.4 Å². The molecule has 0 heterocycles. The summed E-state index contributed by atoms with van der Waals surface area (Å²) >= 11 is 0. The molecule has 0 aliphatic rings. The molecule has 2 atom stereocenters. The molecule has 0 spiro atoms. The molecule has 0 fully saturated rings. The van der Waals surface area contributed by atoms with E-state index < -0.39 is 12.1 Å². The van der Waals surface area contributed by atoms with Gasteiger partial charge in [0.2, 0.25) is 0 Å². The quantitative estimate of drug-likeness (QED) is 0.255. The Morgan fingerprint density at radius 3 is 2.03 bits per heavy atom. The third-order valence-corrected chi connectivity index (χ3v) is 5.98. The number of esters is 1. The Morgan fingerprint density at radius 2 is 1.41 bits per heavy atom. The van der Waals surface area contributed by atoms with Gasteiger partial charge in [0.25, 0.3) is 5.91 Å². The highest BCUT2D eigenvalue weighted by molar-refractivity contribution is 6.04. The van der Waals surface area contributed by atoms with Crippen LogP contribution in [0.15, 0.2) is 103 Å². The molecule has 0 saturated heterocycles. The number of hydrogen-bond donors (Lipinski definition) is 2. The summed E-state index contributed by atoms with van der Waals surface area (Å²) in [6.45, 7) is 3.97. The van der Waals surface area contributed by atoms with Crippen molar-refractivity contribution in [3.8, 4) is 5.75 Å². The van der Waals surface area contributed by atoms with E-state index in [9.17, 15) is 9.59 Å². The number of aryl methyl sites for hydroxylation is 1. The molecule has 0 aliphatic heterocycles. The molecule has 2 N–H and O–H groups in total. The topological polar surface area (TPSA) is 76.7 Å². The Bertz CT molecular complexity index is 1340. The van der Waals surface area contributed by atoms with E-state index in [1.807, 2.05) is 80.6 Å². The maximum absolute atomic E-state index is 12.9. The number of benzene rings is 4. The predicted octanol–water partition coefficient (Wildman–Crippen LogP) is 6.65. The molecule has 6 heteroatoms. The van der Waals surface area contributed by atoms with E-state index in [4.69, 9.17) is 9.47 Å². The molecule has 0 saturated carbocycles. The molecular formula is C31H30N2O4. The van der Waals surface area contributed by atoms with Gasteiger partial charge in [-0.1, -0.05) is 66.2 Å². The summed E-state index contributed by atoms with van der Waals surface area (Å²) < 4.78 is 11.6. The summed E-state index contributed by atoms with van der Waals surface area (Å²) in [6.07, 6.45) is -0.560. The van der Waals surface area contributed by atoms with Crippen molar-refractivity contribution in [3.05, 3.63) is 125 Å². The van der Waals surface area contributed by atoms with Crippen molar-refractivity contribution in [2.24, 2.45) is 0 Å². The van der Waals surface area contributed by atoms with E-state index in [1.165, 1.54) is 0 Å². The molecule has 4 aromatic rings. The molecule has 188 valence electrons. The summed E-state index contributed by atoms with van der Waals surface area (Å²) in [6, 6.07) is 31.0. The van der Waals surface area contributed by atoms with Crippen LogP contribution in [0.3, 0.4) is 0 Å². The van der Waals surface area contributed by atoms with Crippen molar-refractivity contribution in [1.82, 2.24) is 0 Å². The average Bonchev–Trinajstić information content (AvgIpc) is 2.93. The minimum atomic E-state index is -0.560. The van der Waals surface area contributed by atoms with Crippen molar-refractivity contribution in [2.75, 3.05) is 17.7 Å². The van der Waals surface area contributed by atoms with Crippen molar-refractivity contribution in [1.29, 1.82) is 0 Å². The molecule has 1 amide bonds. The molecular weight excluding hydrogens is 464 g/mol. The van der Waals surface area contributed by atoms with Gasteiger partial charge in [-0.25, -0.2) is 4.79 Å². The van der Waals surface area contributed by atoms with Gasteiger partial charge in [-0.05, 0) is 55.8 Å². The highest BCUT2D eigenvalue weighted by Crippen LogP contribution is 2.32. The zero-order valence-electron chi connectivity index (χ0n) is 21.1. The molecule has 0 unspecified atom stereocenters. The number of hydrogen-bond acceptors (Lipinski definition) is 5. The van der Waals surface area contributed by atoms with E-state index in [1.54, 1.807) is 43.5 Å². The predicted molar refractivity (Wildman–Crippen MR) is 146 cm³/mol. The second-order valence-electron chi connectivity index (χ2n) is 8.77. The lowest BCUT2D eigenvalue weighted by atomic mass is 10.0. The molecule has 37 heavy (non-hydrogen) atoms. The maximum Gasteiger partial charge on any atom is 0.338 e. The number of amides is 1. The first-order valence-electron chi connectivity index (χ1n) is 12.1. The number of ether oxygens (including phenoxy) is 2. The van der Waals surface area contributed by atoms with Gasteiger partial charge in [-0.3, -0.25) is 4.79 Å². The molecule has 0 bridgehead atoms. The molecule has 4 aromatic carbocycles. The van der Waals surface area contributed by atoms with Gasteiger partial charge in [0.15, 0.2) is 0 Å². The zero-order valence-corrected chi connectivity index (χ0v) is 21.1. The van der Waals surface area contributed by atoms with Gasteiger partial charge in [0.05, 0.1) is 24.4 Å². The van der Waals surface area contributed by atoms with Crippen LogP contribution < -0.4 is 15.4 Å². The zero-order chi connectivity index (χ0) is 26.2. The lowest BCUT2D eigenvalue weighted by Crippen LogP contribution is -2.28. The summed E-state index contributed by atoms with van der Waals surface area (Å²) in [5.41, 5.74) is 4.37. The van der Waals surface area contributed by atoms with Crippen LogP contribution in [0.5, 0.6) is 5.75 Å². The van der Waals surface area contributed by atoms with E-state index in [0.29, 0.717) is 28.3 Å². The van der Waals surface area contributed by atoms with E-state index in [-0.39, 0.29) is 11.9 Å². The average molecular weight is 495 g/mol.